The van der Waals surface area contributed by atoms with Crippen LogP contribution in [0.1, 0.15) is 38.3 Å². The second-order valence-corrected chi connectivity index (χ2v) is 6.16. The van der Waals surface area contributed by atoms with Crippen molar-refractivity contribution >= 4 is 0 Å². The fraction of sp³-hybridized carbons (Fsp3) is 0.600. The Morgan fingerprint density at radius 2 is 1.76 bits per heavy atom. The highest BCUT2D eigenvalue weighted by Gasteiger charge is 2.31. The van der Waals surface area contributed by atoms with E-state index in [-0.39, 0.29) is 30.2 Å². The third kappa shape index (κ3) is 5.63. The van der Waals surface area contributed by atoms with Gasteiger partial charge in [-0.2, -0.15) is 13.2 Å². The molecule has 0 spiro atoms. The number of benzene rings is 1. The minimum atomic E-state index is -4.56. The fourth-order valence-electron chi connectivity index (χ4n) is 2.13. The quantitative estimate of drug-likeness (QED) is 0.812. The van der Waals surface area contributed by atoms with Crippen LogP contribution in [0, 0.1) is 11.2 Å². The van der Waals surface area contributed by atoms with Gasteiger partial charge in [-0.1, -0.05) is 20.8 Å². The normalized spacial score (nSPS) is 14.3. The minimum Gasteiger partial charge on any atom is -0.396 e. The molecule has 1 aromatic rings. The monoisotopic (exact) mass is 307 g/mol. The van der Waals surface area contributed by atoms with E-state index in [2.05, 4.69) is 5.32 Å². The van der Waals surface area contributed by atoms with Gasteiger partial charge in [0.05, 0.1) is 5.56 Å². The van der Waals surface area contributed by atoms with Crippen molar-refractivity contribution in [2.75, 3.05) is 6.61 Å². The van der Waals surface area contributed by atoms with Gasteiger partial charge in [-0.05, 0) is 35.6 Å². The van der Waals surface area contributed by atoms with Crippen molar-refractivity contribution in [3.63, 3.8) is 0 Å². The maximum Gasteiger partial charge on any atom is 0.416 e. The number of alkyl halides is 3. The second kappa shape index (κ2) is 6.75. The molecule has 21 heavy (non-hydrogen) atoms. The van der Waals surface area contributed by atoms with Crippen molar-refractivity contribution in [3.8, 4) is 0 Å². The SMILES string of the molecule is CC(C)(C)C(CCO)NCc1cc(F)cc(C(F)(F)F)c1. The molecule has 0 aromatic heterocycles. The Balaban J connectivity index is 2.85. The molecule has 0 aliphatic rings. The number of hydrogen-bond donors (Lipinski definition) is 2. The molecule has 0 heterocycles. The maximum absolute atomic E-state index is 13.3. The van der Waals surface area contributed by atoms with Crippen LogP contribution in [0.4, 0.5) is 17.6 Å². The zero-order valence-corrected chi connectivity index (χ0v) is 12.4. The molecule has 0 amide bonds. The maximum atomic E-state index is 13.3. The Morgan fingerprint density at radius 3 is 2.24 bits per heavy atom. The highest BCUT2D eigenvalue weighted by molar-refractivity contribution is 5.26. The summed E-state index contributed by atoms with van der Waals surface area (Å²) in [7, 11) is 0. The largest absolute Gasteiger partial charge is 0.416 e. The Hall–Kier alpha value is -1.14. The van der Waals surface area contributed by atoms with Gasteiger partial charge in [-0.3, -0.25) is 0 Å². The number of rotatable bonds is 5. The second-order valence-electron chi connectivity index (χ2n) is 6.16. The van der Waals surface area contributed by atoms with Gasteiger partial charge in [0.2, 0.25) is 0 Å². The lowest BCUT2D eigenvalue weighted by atomic mass is 9.85. The first-order chi connectivity index (χ1) is 9.54. The minimum absolute atomic E-state index is 0.0219. The molecule has 6 heteroatoms. The van der Waals surface area contributed by atoms with Gasteiger partial charge in [0.1, 0.15) is 5.82 Å². The molecule has 0 fully saturated rings. The molecule has 0 radical (unpaired) electrons. The summed E-state index contributed by atoms with van der Waals surface area (Å²) in [6.45, 7) is 5.99. The lowest BCUT2D eigenvalue weighted by molar-refractivity contribution is -0.137. The number of hydrogen-bond acceptors (Lipinski definition) is 2. The van der Waals surface area contributed by atoms with E-state index < -0.39 is 17.6 Å². The lowest BCUT2D eigenvalue weighted by Crippen LogP contribution is -2.40. The first kappa shape index (κ1) is 17.9. The Bertz CT molecular complexity index is 466. The van der Waals surface area contributed by atoms with E-state index in [0.717, 1.165) is 12.1 Å². The molecule has 1 aromatic carbocycles. The predicted octanol–water partition coefficient (Wildman–Crippen LogP) is 3.73. The van der Waals surface area contributed by atoms with Crippen LogP contribution in [0.2, 0.25) is 0 Å². The summed E-state index contributed by atoms with van der Waals surface area (Å²) in [4.78, 5) is 0. The average molecular weight is 307 g/mol. The molecule has 0 bridgehead atoms. The molecule has 120 valence electrons. The van der Waals surface area contributed by atoms with Crippen molar-refractivity contribution in [1.82, 2.24) is 5.32 Å². The van der Waals surface area contributed by atoms with Gasteiger partial charge in [0.15, 0.2) is 0 Å². The summed E-state index contributed by atoms with van der Waals surface area (Å²) < 4.78 is 51.2. The highest BCUT2D eigenvalue weighted by Crippen LogP contribution is 2.30. The molecular weight excluding hydrogens is 286 g/mol. The summed E-state index contributed by atoms with van der Waals surface area (Å²) in [5.74, 6) is -0.906. The van der Waals surface area contributed by atoms with Gasteiger partial charge in [0, 0.05) is 19.2 Å². The lowest BCUT2D eigenvalue weighted by Gasteiger charge is -2.31. The van der Waals surface area contributed by atoms with Crippen LogP contribution in [0.5, 0.6) is 0 Å². The van der Waals surface area contributed by atoms with E-state index in [1.165, 1.54) is 0 Å². The van der Waals surface area contributed by atoms with E-state index >= 15 is 0 Å². The fourth-order valence-corrected chi connectivity index (χ4v) is 2.13. The van der Waals surface area contributed by atoms with Crippen molar-refractivity contribution in [2.24, 2.45) is 5.41 Å². The zero-order valence-electron chi connectivity index (χ0n) is 12.4. The predicted molar refractivity (Wildman–Crippen MR) is 73.2 cm³/mol. The molecule has 0 aliphatic carbocycles. The van der Waals surface area contributed by atoms with Crippen LogP contribution in [0.15, 0.2) is 18.2 Å². The highest BCUT2D eigenvalue weighted by atomic mass is 19.4. The zero-order chi connectivity index (χ0) is 16.3. The van der Waals surface area contributed by atoms with Crippen LogP contribution in [-0.2, 0) is 12.7 Å². The molecule has 1 rings (SSSR count). The van der Waals surface area contributed by atoms with Crippen LogP contribution in [-0.4, -0.2) is 17.8 Å². The van der Waals surface area contributed by atoms with Crippen LogP contribution in [0.25, 0.3) is 0 Å². The molecule has 1 atom stereocenters. The summed E-state index contributed by atoms with van der Waals surface area (Å²) >= 11 is 0. The van der Waals surface area contributed by atoms with E-state index in [0.29, 0.717) is 12.5 Å². The summed E-state index contributed by atoms with van der Waals surface area (Å²) in [6, 6.07) is 2.42. The summed E-state index contributed by atoms with van der Waals surface area (Å²) in [5, 5.41) is 12.1. The summed E-state index contributed by atoms with van der Waals surface area (Å²) in [5.41, 5.74) is -0.925. The number of halogens is 4. The Labute approximate surface area is 122 Å². The van der Waals surface area contributed by atoms with E-state index in [1.54, 1.807) is 0 Å². The average Bonchev–Trinajstić information content (AvgIpc) is 2.31. The van der Waals surface area contributed by atoms with Crippen molar-refractivity contribution in [1.29, 1.82) is 0 Å². The van der Waals surface area contributed by atoms with E-state index in [1.807, 2.05) is 20.8 Å². The first-order valence-corrected chi connectivity index (χ1v) is 6.75. The van der Waals surface area contributed by atoms with Crippen molar-refractivity contribution < 1.29 is 22.7 Å². The summed E-state index contributed by atoms with van der Waals surface area (Å²) in [6.07, 6.45) is -4.09. The van der Waals surface area contributed by atoms with Crippen LogP contribution < -0.4 is 5.32 Å². The molecule has 0 saturated heterocycles. The van der Waals surface area contributed by atoms with E-state index in [4.69, 9.17) is 5.11 Å². The van der Waals surface area contributed by atoms with Crippen LogP contribution >= 0.6 is 0 Å². The van der Waals surface area contributed by atoms with E-state index in [9.17, 15) is 17.6 Å². The number of aliphatic hydroxyl groups excluding tert-OH is 1. The van der Waals surface area contributed by atoms with Gasteiger partial charge in [0.25, 0.3) is 0 Å². The van der Waals surface area contributed by atoms with Gasteiger partial charge in [-0.25, -0.2) is 4.39 Å². The Kier molecular flexibility index (Phi) is 5.75. The molecule has 2 N–H and O–H groups in total. The van der Waals surface area contributed by atoms with Gasteiger partial charge in [-0.15, -0.1) is 0 Å². The third-order valence-corrected chi connectivity index (χ3v) is 3.30. The smallest absolute Gasteiger partial charge is 0.396 e. The first-order valence-electron chi connectivity index (χ1n) is 6.75. The standard InChI is InChI=1S/C15H21F4NO/c1-14(2,3)13(4-5-21)20-9-10-6-11(15(17,18)19)8-12(16)7-10/h6-8,13,20-21H,4-5,9H2,1-3H3. The number of aliphatic hydroxyl groups is 1. The molecule has 0 saturated carbocycles. The molecule has 2 nitrogen and oxygen atoms in total. The number of nitrogens with one attached hydrogen (secondary N) is 1. The third-order valence-electron chi connectivity index (χ3n) is 3.30. The molecule has 1 unspecified atom stereocenters. The van der Waals surface area contributed by atoms with Crippen LogP contribution in [0.3, 0.4) is 0 Å². The van der Waals surface area contributed by atoms with Crippen molar-refractivity contribution in [3.05, 3.63) is 35.1 Å². The van der Waals surface area contributed by atoms with Crippen molar-refractivity contribution in [2.45, 2.75) is 46.0 Å². The van der Waals surface area contributed by atoms with Gasteiger partial charge < -0.3 is 10.4 Å². The topological polar surface area (TPSA) is 32.3 Å². The Morgan fingerprint density at radius 1 is 1.14 bits per heavy atom. The molecule has 0 aliphatic heterocycles. The molecular formula is C15H21F4NO. The van der Waals surface area contributed by atoms with Gasteiger partial charge >= 0.3 is 6.18 Å².